The van der Waals surface area contributed by atoms with Gasteiger partial charge < -0.3 is 14.5 Å². The van der Waals surface area contributed by atoms with Gasteiger partial charge in [0.1, 0.15) is 6.10 Å². The summed E-state index contributed by atoms with van der Waals surface area (Å²) in [5, 5.41) is 0. The summed E-state index contributed by atoms with van der Waals surface area (Å²) >= 11 is 0. The smallest absolute Gasteiger partial charge is 0.303 e. The Morgan fingerprint density at radius 2 is 1.80 bits per heavy atom. The number of hydrogen-bond donors (Lipinski definition) is 0. The molecule has 0 radical (unpaired) electrons. The van der Waals surface area contributed by atoms with Crippen molar-refractivity contribution in [2.24, 2.45) is 0 Å². The molecule has 2 heterocycles. The van der Waals surface area contributed by atoms with Crippen LogP contribution >= 0.6 is 0 Å². The lowest BCUT2D eigenvalue weighted by Crippen LogP contribution is -2.51. The molecule has 1 aromatic carbocycles. The van der Waals surface area contributed by atoms with Gasteiger partial charge in [0.15, 0.2) is 0 Å². The average Bonchev–Trinajstić information content (AvgIpc) is 3.00. The molecule has 2 aliphatic heterocycles. The maximum atomic E-state index is 11.9. The zero-order valence-electron chi connectivity index (χ0n) is 14.9. The lowest BCUT2D eigenvalue weighted by atomic mass is 10.2. The van der Waals surface area contributed by atoms with Crippen molar-refractivity contribution < 1.29 is 14.3 Å². The molecule has 25 heavy (non-hydrogen) atoms. The van der Waals surface area contributed by atoms with Crippen LogP contribution in [0.5, 0.6) is 0 Å². The molecule has 1 amide bonds. The maximum absolute atomic E-state index is 11.9. The van der Waals surface area contributed by atoms with E-state index in [1.165, 1.54) is 12.6 Å². The Hall–Kier alpha value is -2.08. The Balaban J connectivity index is 1.52. The molecule has 0 saturated carbocycles. The first kappa shape index (κ1) is 17.7. The molecule has 0 bridgehead atoms. The normalized spacial score (nSPS) is 20.0. The predicted octanol–water partition coefficient (Wildman–Crippen LogP) is 1.36. The fourth-order valence-corrected chi connectivity index (χ4v) is 3.63. The molecule has 2 aliphatic rings. The first-order valence-corrected chi connectivity index (χ1v) is 9.09. The minimum absolute atomic E-state index is 0.172. The second kappa shape index (κ2) is 8.34. The van der Waals surface area contributed by atoms with Crippen LogP contribution in [-0.4, -0.2) is 73.6 Å². The third-order valence-corrected chi connectivity index (χ3v) is 4.88. The predicted molar refractivity (Wildman–Crippen MR) is 96.5 cm³/mol. The summed E-state index contributed by atoms with van der Waals surface area (Å²) in [4.78, 5) is 29.8. The van der Waals surface area contributed by atoms with Gasteiger partial charge in [0.25, 0.3) is 0 Å². The second-order valence-corrected chi connectivity index (χ2v) is 6.80. The van der Waals surface area contributed by atoms with Crippen molar-refractivity contribution in [2.45, 2.75) is 25.9 Å². The van der Waals surface area contributed by atoms with E-state index in [1.807, 2.05) is 11.0 Å². The van der Waals surface area contributed by atoms with Crippen LogP contribution in [0.15, 0.2) is 30.3 Å². The van der Waals surface area contributed by atoms with E-state index in [0.29, 0.717) is 19.5 Å². The molecule has 0 aromatic heterocycles. The summed E-state index contributed by atoms with van der Waals surface area (Å²) in [5.74, 6) is -0.106. The number of ether oxygens (including phenoxy) is 1. The van der Waals surface area contributed by atoms with Gasteiger partial charge in [0.2, 0.25) is 5.91 Å². The van der Waals surface area contributed by atoms with Gasteiger partial charge in [-0.15, -0.1) is 0 Å². The zero-order chi connectivity index (χ0) is 17.6. The molecule has 136 valence electrons. The van der Waals surface area contributed by atoms with Crippen molar-refractivity contribution in [1.82, 2.24) is 9.80 Å². The van der Waals surface area contributed by atoms with Gasteiger partial charge >= 0.3 is 5.97 Å². The number of nitrogens with zero attached hydrogens (tertiary/aromatic N) is 3. The first-order valence-electron chi connectivity index (χ1n) is 9.09. The number of amides is 1. The zero-order valence-corrected chi connectivity index (χ0v) is 14.9. The van der Waals surface area contributed by atoms with E-state index in [4.69, 9.17) is 4.74 Å². The number of likely N-dealkylation sites (tertiary alicyclic amines) is 1. The number of anilines is 1. The van der Waals surface area contributed by atoms with Crippen LogP contribution < -0.4 is 4.90 Å². The number of carbonyl (C=O) groups is 2. The molecule has 3 rings (SSSR count). The van der Waals surface area contributed by atoms with Crippen LogP contribution in [0.2, 0.25) is 0 Å². The lowest BCUT2D eigenvalue weighted by molar-refractivity contribution is -0.150. The monoisotopic (exact) mass is 345 g/mol. The largest absolute Gasteiger partial charge is 0.459 e. The molecular weight excluding hydrogens is 318 g/mol. The summed E-state index contributed by atoms with van der Waals surface area (Å²) in [5.41, 5.74) is 1.25. The van der Waals surface area contributed by atoms with Crippen molar-refractivity contribution in [2.75, 3.05) is 50.7 Å². The van der Waals surface area contributed by atoms with Crippen molar-refractivity contribution in [3.05, 3.63) is 30.3 Å². The Morgan fingerprint density at radius 3 is 2.40 bits per heavy atom. The highest BCUT2D eigenvalue weighted by Gasteiger charge is 2.27. The molecule has 1 aromatic rings. The van der Waals surface area contributed by atoms with E-state index in [9.17, 15) is 9.59 Å². The first-order chi connectivity index (χ1) is 12.1. The number of piperazine rings is 1. The summed E-state index contributed by atoms with van der Waals surface area (Å²) in [7, 11) is 0. The number of rotatable bonds is 6. The van der Waals surface area contributed by atoms with E-state index in [-0.39, 0.29) is 18.0 Å². The van der Waals surface area contributed by atoms with Gasteiger partial charge in [0, 0.05) is 58.3 Å². The molecule has 2 saturated heterocycles. The topological polar surface area (TPSA) is 53.1 Å². The number of esters is 1. The second-order valence-electron chi connectivity index (χ2n) is 6.80. The van der Waals surface area contributed by atoms with E-state index < -0.39 is 0 Å². The van der Waals surface area contributed by atoms with Crippen LogP contribution in [0.4, 0.5) is 5.69 Å². The maximum Gasteiger partial charge on any atom is 0.303 e. The fraction of sp³-hybridized carbons (Fsp3) is 0.579. The quantitative estimate of drug-likeness (QED) is 0.729. The highest BCUT2D eigenvalue weighted by molar-refractivity contribution is 5.78. The van der Waals surface area contributed by atoms with Crippen molar-refractivity contribution >= 4 is 17.6 Å². The molecule has 0 N–H and O–H groups in total. The standard InChI is InChI=1S/C19H27N3O3/c1-16(23)25-18(15-22-9-5-8-19(22)24)14-20-10-12-21(13-11-20)17-6-3-2-4-7-17/h2-4,6-7,18H,5,8-15H2,1H3/t18-/m1/s1. The highest BCUT2D eigenvalue weighted by Crippen LogP contribution is 2.17. The number of para-hydroxylation sites is 1. The number of hydrogen-bond acceptors (Lipinski definition) is 5. The lowest BCUT2D eigenvalue weighted by Gasteiger charge is -2.37. The van der Waals surface area contributed by atoms with Gasteiger partial charge in [0.05, 0.1) is 6.54 Å². The van der Waals surface area contributed by atoms with Gasteiger partial charge in [-0.25, -0.2) is 0 Å². The molecule has 6 nitrogen and oxygen atoms in total. The Bertz CT molecular complexity index is 585. The van der Waals surface area contributed by atoms with Gasteiger partial charge in [-0.1, -0.05) is 18.2 Å². The SMILES string of the molecule is CC(=O)O[C@H](CN1CCN(c2ccccc2)CC1)CN1CCCC1=O. The van der Waals surface area contributed by atoms with Crippen molar-refractivity contribution in [3.8, 4) is 0 Å². The van der Waals surface area contributed by atoms with Crippen LogP contribution in [0, 0.1) is 0 Å². The highest BCUT2D eigenvalue weighted by atomic mass is 16.5. The van der Waals surface area contributed by atoms with Gasteiger partial charge in [-0.2, -0.15) is 0 Å². The molecule has 6 heteroatoms. The average molecular weight is 345 g/mol. The van der Waals surface area contributed by atoms with Gasteiger partial charge in [-0.3, -0.25) is 14.5 Å². The van der Waals surface area contributed by atoms with Crippen LogP contribution in [-0.2, 0) is 14.3 Å². The molecule has 0 aliphatic carbocycles. The van der Waals surface area contributed by atoms with E-state index >= 15 is 0 Å². The Labute approximate surface area is 149 Å². The Kier molecular flexibility index (Phi) is 5.91. The van der Waals surface area contributed by atoms with Gasteiger partial charge in [-0.05, 0) is 18.6 Å². The summed E-state index contributed by atoms with van der Waals surface area (Å²) in [6.45, 7) is 7.19. The third-order valence-electron chi connectivity index (χ3n) is 4.88. The van der Waals surface area contributed by atoms with Crippen LogP contribution in [0.25, 0.3) is 0 Å². The number of benzene rings is 1. The third kappa shape index (κ3) is 4.95. The minimum Gasteiger partial charge on any atom is -0.459 e. The summed E-state index contributed by atoms with van der Waals surface area (Å²) in [6, 6.07) is 10.4. The van der Waals surface area contributed by atoms with Crippen molar-refractivity contribution in [1.29, 1.82) is 0 Å². The van der Waals surface area contributed by atoms with E-state index in [0.717, 1.165) is 39.1 Å². The van der Waals surface area contributed by atoms with E-state index in [2.05, 4.69) is 34.1 Å². The molecule has 0 spiro atoms. The Morgan fingerprint density at radius 1 is 1.08 bits per heavy atom. The van der Waals surface area contributed by atoms with Crippen LogP contribution in [0.1, 0.15) is 19.8 Å². The molecule has 0 unspecified atom stereocenters. The summed E-state index contributed by atoms with van der Waals surface area (Å²) < 4.78 is 5.49. The minimum atomic E-state index is -0.278. The summed E-state index contributed by atoms with van der Waals surface area (Å²) in [6.07, 6.45) is 1.27. The van der Waals surface area contributed by atoms with Crippen molar-refractivity contribution in [3.63, 3.8) is 0 Å². The number of carbonyl (C=O) groups excluding carboxylic acids is 2. The van der Waals surface area contributed by atoms with Crippen LogP contribution in [0.3, 0.4) is 0 Å². The molecule has 2 fully saturated rings. The molecular formula is C19H27N3O3. The fourth-order valence-electron chi connectivity index (χ4n) is 3.63. The molecule has 1 atom stereocenters. The van der Waals surface area contributed by atoms with E-state index in [1.54, 1.807) is 0 Å².